The predicted octanol–water partition coefficient (Wildman–Crippen LogP) is 1.79. The largest absolute Gasteiger partial charge is 0.348 e. The number of amides is 1. The lowest BCUT2D eigenvalue weighted by atomic mass is 10.1. The summed E-state index contributed by atoms with van der Waals surface area (Å²) in [5.41, 5.74) is -0.232. The van der Waals surface area contributed by atoms with Crippen molar-refractivity contribution in [3.63, 3.8) is 0 Å². The van der Waals surface area contributed by atoms with Gasteiger partial charge in [-0.15, -0.1) is 0 Å². The molecule has 1 N–H and O–H groups in total. The van der Waals surface area contributed by atoms with Crippen molar-refractivity contribution in [2.75, 3.05) is 19.6 Å². The number of nitrogens with one attached hydrogen (secondary N) is 1. The smallest absolute Gasteiger partial charge is 0.254 e. The van der Waals surface area contributed by atoms with Gasteiger partial charge in [0.1, 0.15) is 0 Å². The van der Waals surface area contributed by atoms with Gasteiger partial charge in [-0.3, -0.25) is 4.79 Å². The molecule has 1 heterocycles. The van der Waals surface area contributed by atoms with Crippen molar-refractivity contribution < 1.29 is 13.6 Å². The maximum atomic E-state index is 13.4. The van der Waals surface area contributed by atoms with E-state index in [9.17, 15) is 13.6 Å². The summed E-state index contributed by atoms with van der Waals surface area (Å²) in [6.07, 6.45) is 0.844. The summed E-state index contributed by atoms with van der Waals surface area (Å²) in [4.78, 5) is 14.0. The third-order valence-corrected chi connectivity index (χ3v) is 3.25. The number of carbonyl (C=O) groups is 1. The van der Waals surface area contributed by atoms with Crippen molar-refractivity contribution in [1.82, 2.24) is 10.2 Å². The molecule has 18 heavy (non-hydrogen) atoms. The van der Waals surface area contributed by atoms with Gasteiger partial charge in [-0.1, -0.05) is 13.0 Å². The van der Waals surface area contributed by atoms with Gasteiger partial charge in [0.25, 0.3) is 5.91 Å². The Kier molecular flexibility index (Phi) is 3.91. The first-order chi connectivity index (χ1) is 8.61. The van der Waals surface area contributed by atoms with Gasteiger partial charge in [0.05, 0.1) is 5.56 Å². The zero-order chi connectivity index (χ0) is 13.1. The molecule has 0 aromatic heterocycles. The van der Waals surface area contributed by atoms with Crippen molar-refractivity contribution >= 4 is 5.91 Å². The third-order valence-electron chi connectivity index (χ3n) is 3.25. The van der Waals surface area contributed by atoms with Crippen LogP contribution in [0.2, 0.25) is 0 Å². The van der Waals surface area contributed by atoms with E-state index in [1.165, 1.54) is 12.1 Å². The number of hydrogen-bond acceptors (Lipinski definition) is 2. The molecular weight excluding hydrogens is 238 g/mol. The van der Waals surface area contributed by atoms with Crippen LogP contribution in [0.1, 0.15) is 23.7 Å². The Morgan fingerprint density at radius 2 is 2.28 bits per heavy atom. The zero-order valence-corrected chi connectivity index (χ0v) is 10.2. The van der Waals surface area contributed by atoms with Crippen molar-refractivity contribution in [1.29, 1.82) is 0 Å². The Hall–Kier alpha value is -1.49. The highest BCUT2D eigenvalue weighted by atomic mass is 19.2. The van der Waals surface area contributed by atoms with Crippen LogP contribution in [0.25, 0.3) is 0 Å². The molecule has 3 nitrogen and oxygen atoms in total. The molecule has 0 aliphatic carbocycles. The van der Waals surface area contributed by atoms with Crippen LogP contribution in [-0.4, -0.2) is 36.5 Å². The molecule has 1 unspecified atom stereocenters. The first kappa shape index (κ1) is 13.0. The maximum absolute atomic E-state index is 13.4. The van der Waals surface area contributed by atoms with Gasteiger partial charge in [0, 0.05) is 19.1 Å². The highest BCUT2D eigenvalue weighted by molar-refractivity contribution is 5.94. The summed E-state index contributed by atoms with van der Waals surface area (Å²) in [6.45, 7) is 4.67. The third kappa shape index (κ3) is 2.67. The van der Waals surface area contributed by atoms with E-state index in [-0.39, 0.29) is 11.6 Å². The molecule has 1 fully saturated rings. The molecule has 1 aliphatic heterocycles. The lowest BCUT2D eigenvalue weighted by molar-refractivity contribution is 0.0933. The average molecular weight is 254 g/mol. The summed E-state index contributed by atoms with van der Waals surface area (Å²) in [5, 5.41) is 2.74. The van der Waals surface area contributed by atoms with Crippen molar-refractivity contribution in [2.24, 2.45) is 0 Å². The van der Waals surface area contributed by atoms with Crippen LogP contribution in [0.3, 0.4) is 0 Å². The van der Waals surface area contributed by atoms with Gasteiger partial charge in [-0.05, 0) is 25.1 Å². The van der Waals surface area contributed by atoms with Crippen LogP contribution in [0, 0.1) is 11.6 Å². The molecule has 0 saturated carbocycles. The lowest BCUT2D eigenvalue weighted by Gasteiger charge is -2.14. The van der Waals surface area contributed by atoms with Crippen molar-refractivity contribution in [3.05, 3.63) is 35.4 Å². The van der Waals surface area contributed by atoms with E-state index >= 15 is 0 Å². The Balaban J connectivity index is 2.02. The highest BCUT2D eigenvalue weighted by Gasteiger charge is 2.24. The van der Waals surface area contributed by atoms with Crippen LogP contribution in [0.4, 0.5) is 8.78 Å². The number of nitrogens with zero attached hydrogens (tertiary/aromatic N) is 1. The van der Waals surface area contributed by atoms with Gasteiger partial charge in [0.15, 0.2) is 11.6 Å². The van der Waals surface area contributed by atoms with E-state index in [1.54, 1.807) is 0 Å². The second-order valence-corrected chi connectivity index (χ2v) is 4.45. The minimum absolute atomic E-state index is 0.0140. The molecule has 1 atom stereocenters. The van der Waals surface area contributed by atoms with Crippen LogP contribution in [-0.2, 0) is 0 Å². The Morgan fingerprint density at radius 1 is 1.50 bits per heavy atom. The van der Waals surface area contributed by atoms with Gasteiger partial charge in [-0.25, -0.2) is 8.78 Å². The van der Waals surface area contributed by atoms with Gasteiger partial charge in [0.2, 0.25) is 0 Å². The monoisotopic (exact) mass is 254 g/mol. The number of rotatable bonds is 3. The fourth-order valence-electron chi connectivity index (χ4n) is 2.18. The molecule has 98 valence electrons. The molecule has 1 aliphatic rings. The minimum atomic E-state index is -1.08. The molecule has 0 spiro atoms. The van der Waals surface area contributed by atoms with Crippen molar-refractivity contribution in [3.8, 4) is 0 Å². The summed E-state index contributed by atoms with van der Waals surface area (Å²) < 4.78 is 26.4. The number of hydrogen-bond donors (Lipinski definition) is 1. The van der Waals surface area contributed by atoms with Crippen LogP contribution in [0.15, 0.2) is 18.2 Å². The summed E-state index contributed by atoms with van der Waals surface area (Å²) in [7, 11) is 0. The van der Waals surface area contributed by atoms with E-state index < -0.39 is 17.5 Å². The van der Waals surface area contributed by atoms with E-state index in [2.05, 4.69) is 17.1 Å². The quantitative estimate of drug-likeness (QED) is 0.892. The fraction of sp³-hybridized carbons (Fsp3) is 0.462. The van der Waals surface area contributed by atoms with E-state index in [4.69, 9.17) is 0 Å². The molecule has 2 rings (SSSR count). The lowest BCUT2D eigenvalue weighted by Crippen LogP contribution is -2.37. The number of benzene rings is 1. The second-order valence-electron chi connectivity index (χ2n) is 4.45. The first-order valence-electron chi connectivity index (χ1n) is 6.09. The summed E-state index contributed by atoms with van der Waals surface area (Å²) >= 11 is 0. The Morgan fingerprint density at radius 3 is 2.94 bits per heavy atom. The minimum Gasteiger partial charge on any atom is -0.348 e. The zero-order valence-electron chi connectivity index (χ0n) is 10.2. The fourth-order valence-corrected chi connectivity index (χ4v) is 2.18. The second kappa shape index (κ2) is 5.44. The average Bonchev–Trinajstić information content (AvgIpc) is 2.80. The number of likely N-dealkylation sites (tertiary alicyclic amines) is 1. The maximum Gasteiger partial charge on any atom is 0.254 e. The molecule has 0 bridgehead atoms. The number of halogens is 2. The first-order valence-corrected chi connectivity index (χ1v) is 6.09. The standard InChI is InChI=1S/C13H16F2N2O/c1-2-17-7-6-9(8-17)16-13(18)10-4-3-5-11(14)12(10)15/h3-5,9H,2,6-8H2,1H3,(H,16,18). The van der Waals surface area contributed by atoms with E-state index in [0.29, 0.717) is 0 Å². The molecular formula is C13H16F2N2O. The van der Waals surface area contributed by atoms with Gasteiger partial charge >= 0.3 is 0 Å². The topological polar surface area (TPSA) is 32.3 Å². The van der Waals surface area contributed by atoms with E-state index in [1.807, 2.05) is 0 Å². The summed E-state index contributed by atoms with van der Waals surface area (Å²) in [6, 6.07) is 3.64. The molecule has 1 amide bonds. The van der Waals surface area contributed by atoms with Crippen LogP contribution in [0.5, 0.6) is 0 Å². The number of likely N-dealkylation sites (N-methyl/N-ethyl adjacent to an activating group) is 1. The number of carbonyl (C=O) groups excluding carboxylic acids is 1. The highest BCUT2D eigenvalue weighted by Crippen LogP contribution is 2.13. The SMILES string of the molecule is CCN1CCC(NC(=O)c2cccc(F)c2F)C1. The molecule has 0 radical (unpaired) electrons. The van der Waals surface area contributed by atoms with E-state index in [0.717, 1.165) is 32.1 Å². The Bertz CT molecular complexity index is 451. The Labute approximate surface area is 105 Å². The van der Waals surface area contributed by atoms with Gasteiger partial charge < -0.3 is 10.2 Å². The normalized spacial score (nSPS) is 20.1. The molecule has 5 heteroatoms. The van der Waals surface area contributed by atoms with Crippen molar-refractivity contribution in [2.45, 2.75) is 19.4 Å². The van der Waals surface area contributed by atoms with Crippen LogP contribution >= 0.6 is 0 Å². The molecule has 1 saturated heterocycles. The summed E-state index contributed by atoms with van der Waals surface area (Å²) in [5.74, 6) is -2.63. The molecule has 1 aromatic rings. The molecule has 1 aromatic carbocycles. The van der Waals surface area contributed by atoms with Crippen LogP contribution < -0.4 is 5.32 Å². The van der Waals surface area contributed by atoms with Gasteiger partial charge in [-0.2, -0.15) is 0 Å². The predicted molar refractivity (Wildman–Crippen MR) is 64.3 cm³/mol.